The molecule has 0 amide bonds. The highest BCUT2D eigenvalue weighted by Gasteiger charge is 2.25. The highest BCUT2D eigenvalue weighted by molar-refractivity contribution is 7.92. The molecule has 20 heavy (non-hydrogen) atoms. The molecule has 0 saturated heterocycles. The van der Waals surface area contributed by atoms with E-state index in [-0.39, 0.29) is 6.61 Å². The van der Waals surface area contributed by atoms with Gasteiger partial charge in [0.15, 0.2) is 15.6 Å². The minimum absolute atomic E-state index is 0.108. The Kier molecular flexibility index (Phi) is 6.84. The standard InChI is InChI=1S/C12H20O7S/c1-5-18-10(14)6-9(13)7-20(16,17)8-11(15)19-12(2,3)4/h5-8H2,1-4H3. The number of Topliss-reactive ketones (excluding diaryl/α,β-unsaturated/α-hetero) is 1. The van der Waals surface area contributed by atoms with E-state index in [4.69, 9.17) is 4.74 Å². The van der Waals surface area contributed by atoms with Crippen LogP contribution in [0.5, 0.6) is 0 Å². The van der Waals surface area contributed by atoms with Crippen molar-refractivity contribution in [3.8, 4) is 0 Å². The van der Waals surface area contributed by atoms with Gasteiger partial charge >= 0.3 is 11.9 Å². The monoisotopic (exact) mass is 308 g/mol. The predicted octanol–water partition coefficient (Wildman–Crippen LogP) is 0.265. The maximum Gasteiger partial charge on any atom is 0.321 e. The summed E-state index contributed by atoms with van der Waals surface area (Å²) in [5.74, 6) is -4.30. The number of hydrogen-bond donors (Lipinski definition) is 0. The fourth-order valence-corrected chi connectivity index (χ4v) is 2.38. The maximum absolute atomic E-state index is 11.6. The molecule has 0 heterocycles. The summed E-state index contributed by atoms with van der Waals surface area (Å²) >= 11 is 0. The molecule has 0 aliphatic heterocycles. The summed E-state index contributed by atoms with van der Waals surface area (Å²) in [6.07, 6.45) is -0.624. The zero-order valence-corrected chi connectivity index (χ0v) is 12.9. The van der Waals surface area contributed by atoms with Crippen molar-refractivity contribution in [1.29, 1.82) is 0 Å². The number of carbonyl (C=O) groups excluding carboxylic acids is 3. The van der Waals surface area contributed by atoms with Crippen LogP contribution >= 0.6 is 0 Å². The Morgan fingerprint density at radius 2 is 1.55 bits per heavy atom. The minimum atomic E-state index is -3.94. The SMILES string of the molecule is CCOC(=O)CC(=O)CS(=O)(=O)CC(=O)OC(C)(C)C. The second-order valence-electron chi connectivity index (χ2n) is 5.14. The van der Waals surface area contributed by atoms with Crippen molar-refractivity contribution in [1.82, 2.24) is 0 Å². The third-order valence-corrected chi connectivity index (χ3v) is 3.22. The number of sulfone groups is 1. The van der Waals surface area contributed by atoms with Crippen molar-refractivity contribution in [3.05, 3.63) is 0 Å². The maximum atomic E-state index is 11.6. The van der Waals surface area contributed by atoms with Crippen molar-refractivity contribution in [2.75, 3.05) is 18.1 Å². The molecule has 0 radical (unpaired) electrons. The Morgan fingerprint density at radius 1 is 1.00 bits per heavy atom. The van der Waals surface area contributed by atoms with Crippen LogP contribution in [0.3, 0.4) is 0 Å². The molecule has 0 bridgehead atoms. The molecule has 0 aliphatic rings. The van der Waals surface area contributed by atoms with Gasteiger partial charge in [-0.25, -0.2) is 8.42 Å². The van der Waals surface area contributed by atoms with Gasteiger partial charge in [0.05, 0.1) is 6.61 Å². The number of ketones is 1. The van der Waals surface area contributed by atoms with Crippen molar-refractivity contribution in [2.24, 2.45) is 0 Å². The normalized spacial score (nSPS) is 11.8. The lowest BCUT2D eigenvalue weighted by atomic mass is 10.2. The van der Waals surface area contributed by atoms with E-state index in [1.807, 2.05) is 0 Å². The first-order valence-electron chi connectivity index (χ1n) is 6.05. The molecule has 116 valence electrons. The summed E-state index contributed by atoms with van der Waals surface area (Å²) in [7, 11) is -3.94. The summed E-state index contributed by atoms with van der Waals surface area (Å²) in [6, 6.07) is 0. The van der Waals surface area contributed by atoms with Crippen molar-refractivity contribution in [3.63, 3.8) is 0 Å². The summed E-state index contributed by atoms with van der Waals surface area (Å²) < 4.78 is 32.6. The molecule has 0 aliphatic carbocycles. The van der Waals surface area contributed by atoms with Crippen molar-refractivity contribution < 1.29 is 32.3 Å². The molecule has 0 aromatic carbocycles. The fourth-order valence-electron chi connectivity index (χ4n) is 1.27. The predicted molar refractivity (Wildman–Crippen MR) is 70.8 cm³/mol. The zero-order chi connectivity index (χ0) is 16.0. The van der Waals surface area contributed by atoms with Gasteiger partial charge in [0, 0.05) is 0 Å². The van der Waals surface area contributed by atoms with Gasteiger partial charge in [0.2, 0.25) is 0 Å². The van der Waals surface area contributed by atoms with Crippen molar-refractivity contribution >= 4 is 27.6 Å². The lowest BCUT2D eigenvalue weighted by Crippen LogP contribution is -2.31. The lowest BCUT2D eigenvalue weighted by molar-refractivity contribution is -0.151. The van der Waals surface area contributed by atoms with E-state index in [1.165, 1.54) is 0 Å². The summed E-state index contributed by atoms with van der Waals surface area (Å²) in [6.45, 7) is 6.48. The number of hydrogen-bond acceptors (Lipinski definition) is 7. The van der Waals surface area contributed by atoms with Crippen LogP contribution in [0.4, 0.5) is 0 Å². The topological polar surface area (TPSA) is 104 Å². The highest BCUT2D eigenvalue weighted by Crippen LogP contribution is 2.08. The molecule has 0 aromatic heterocycles. The van der Waals surface area contributed by atoms with Crippen molar-refractivity contribution in [2.45, 2.75) is 39.7 Å². The lowest BCUT2D eigenvalue weighted by Gasteiger charge is -2.19. The van der Waals surface area contributed by atoms with Crippen LogP contribution in [0.25, 0.3) is 0 Å². The van der Waals surface area contributed by atoms with Gasteiger partial charge in [-0.1, -0.05) is 0 Å². The van der Waals surface area contributed by atoms with Gasteiger partial charge in [-0.05, 0) is 27.7 Å². The van der Waals surface area contributed by atoms with Crippen LogP contribution in [0.1, 0.15) is 34.1 Å². The van der Waals surface area contributed by atoms with Crippen LogP contribution in [-0.4, -0.2) is 49.9 Å². The van der Waals surface area contributed by atoms with Crippen LogP contribution in [0.2, 0.25) is 0 Å². The van der Waals surface area contributed by atoms with E-state index in [1.54, 1.807) is 27.7 Å². The van der Waals surface area contributed by atoms with E-state index >= 15 is 0 Å². The second kappa shape index (κ2) is 7.37. The van der Waals surface area contributed by atoms with E-state index in [2.05, 4.69) is 4.74 Å². The molecular formula is C12H20O7S. The van der Waals surface area contributed by atoms with Crippen LogP contribution in [0.15, 0.2) is 0 Å². The highest BCUT2D eigenvalue weighted by atomic mass is 32.2. The van der Waals surface area contributed by atoms with Gasteiger partial charge in [0.1, 0.15) is 23.5 Å². The largest absolute Gasteiger partial charge is 0.466 e. The molecule has 0 atom stereocenters. The summed E-state index contributed by atoms with van der Waals surface area (Å²) in [5, 5.41) is 0. The number of rotatable bonds is 7. The fraction of sp³-hybridized carbons (Fsp3) is 0.750. The average molecular weight is 308 g/mol. The first kappa shape index (κ1) is 18.6. The van der Waals surface area contributed by atoms with Gasteiger partial charge in [-0.15, -0.1) is 0 Å². The molecule has 0 N–H and O–H groups in total. The number of carbonyl (C=O) groups is 3. The molecule has 0 fully saturated rings. The molecule has 7 nitrogen and oxygen atoms in total. The third-order valence-electron chi connectivity index (χ3n) is 1.79. The van der Waals surface area contributed by atoms with Gasteiger partial charge in [-0.3, -0.25) is 14.4 Å². The molecule has 0 spiro atoms. The minimum Gasteiger partial charge on any atom is -0.466 e. The third kappa shape index (κ3) is 9.48. The van der Waals surface area contributed by atoms with E-state index in [0.717, 1.165) is 0 Å². The van der Waals surface area contributed by atoms with E-state index in [0.29, 0.717) is 0 Å². The van der Waals surface area contributed by atoms with Crippen LogP contribution in [-0.2, 0) is 33.7 Å². The molecule has 8 heteroatoms. The van der Waals surface area contributed by atoms with Crippen LogP contribution in [0, 0.1) is 0 Å². The summed E-state index contributed by atoms with van der Waals surface area (Å²) in [5.41, 5.74) is -0.804. The van der Waals surface area contributed by atoms with Gasteiger partial charge < -0.3 is 9.47 Å². The number of esters is 2. The molecule has 0 unspecified atom stereocenters. The van der Waals surface area contributed by atoms with E-state index < -0.39 is 51.1 Å². The van der Waals surface area contributed by atoms with Crippen LogP contribution < -0.4 is 0 Å². The zero-order valence-electron chi connectivity index (χ0n) is 12.1. The van der Waals surface area contributed by atoms with Gasteiger partial charge in [0.25, 0.3) is 0 Å². The summed E-state index contributed by atoms with van der Waals surface area (Å²) in [4.78, 5) is 33.8. The first-order valence-corrected chi connectivity index (χ1v) is 7.87. The molecule has 0 rings (SSSR count). The first-order chi connectivity index (χ1) is 8.95. The quantitative estimate of drug-likeness (QED) is 0.491. The molecule has 0 saturated carbocycles. The Bertz CT molecular complexity index is 471. The Morgan fingerprint density at radius 3 is 2.00 bits per heavy atom. The second-order valence-corrected chi connectivity index (χ2v) is 7.20. The van der Waals surface area contributed by atoms with Gasteiger partial charge in [-0.2, -0.15) is 0 Å². The number of ether oxygens (including phenoxy) is 2. The Hall–Kier alpha value is -1.44. The van der Waals surface area contributed by atoms with E-state index in [9.17, 15) is 22.8 Å². The molecular weight excluding hydrogens is 288 g/mol. The Balaban J connectivity index is 4.42. The average Bonchev–Trinajstić information content (AvgIpc) is 2.10. The smallest absolute Gasteiger partial charge is 0.321 e. The molecule has 0 aromatic rings. The Labute approximate surface area is 118 Å².